The first-order valence-electron chi connectivity index (χ1n) is 7.91. The molecule has 0 aliphatic carbocycles. The summed E-state index contributed by atoms with van der Waals surface area (Å²) in [7, 11) is 1.61. The average Bonchev–Trinajstić information content (AvgIpc) is 2.61. The van der Waals surface area contributed by atoms with Gasteiger partial charge in [-0.2, -0.15) is 11.8 Å². The lowest BCUT2D eigenvalue weighted by Crippen LogP contribution is -2.54. The number of thioether (sulfide) groups is 1. The SMILES string of the molecule is COc1ccc(CN2CCN(C(=O)[C@@H](O)CCSC)CC2=O)cc1. The van der Waals surface area contributed by atoms with E-state index in [9.17, 15) is 14.7 Å². The summed E-state index contributed by atoms with van der Waals surface area (Å²) in [6.45, 7) is 1.48. The van der Waals surface area contributed by atoms with E-state index in [1.165, 1.54) is 4.90 Å². The zero-order valence-corrected chi connectivity index (χ0v) is 14.9. The van der Waals surface area contributed by atoms with Crippen molar-refractivity contribution in [3.63, 3.8) is 0 Å². The van der Waals surface area contributed by atoms with Gasteiger partial charge in [0, 0.05) is 19.6 Å². The number of aliphatic hydroxyl groups excluding tert-OH is 1. The number of rotatable bonds is 7. The Hall–Kier alpha value is -1.73. The molecule has 132 valence electrons. The van der Waals surface area contributed by atoms with Crippen LogP contribution in [0, 0.1) is 0 Å². The van der Waals surface area contributed by atoms with E-state index in [1.807, 2.05) is 30.5 Å². The third kappa shape index (κ3) is 4.88. The maximum absolute atomic E-state index is 12.3. The van der Waals surface area contributed by atoms with Crippen LogP contribution in [0.2, 0.25) is 0 Å². The number of nitrogens with zero attached hydrogens (tertiary/aromatic N) is 2. The highest BCUT2D eigenvalue weighted by molar-refractivity contribution is 7.98. The Kier molecular flexibility index (Phi) is 6.93. The second kappa shape index (κ2) is 8.94. The molecule has 1 saturated heterocycles. The monoisotopic (exact) mass is 352 g/mol. The Morgan fingerprint density at radius 1 is 1.33 bits per heavy atom. The van der Waals surface area contributed by atoms with E-state index in [0.29, 0.717) is 26.1 Å². The summed E-state index contributed by atoms with van der Waals surface area (Å²) in [5.74, 6) is 1.06. The number of hydrogen-bond donors (Lipinski definition) is 1. The van der Waals surface area contributed by atoms with Crippen molar-refractivity contribution < 1.29 is 19.4 Å². The Labute approximate surface area is 146 Å². The molecule has 0 aromatic heterocycles. The highest BCUT2D eigenvalue weighted by Gasteiger charge is 2.30. The van der Waals surface area contributed by atoms with Crippen molar-refractivity contribution in [1.29, 1.82) is 0 Å². The van der Waals surface area contributed by atoms with Crippen LogP contribution >= 0.6 is 11.8 Å². The van der Waals surface area contributed by atoms with Crippen LogP contribution in [0.25, 0.3) is 0 Å². The van der Waals surface area contributed by atoms with Crippen LogP contribution < -0.4 is 4.74 Å². The van der Waals surface area contributed by atoms with Crippen LogP contribution in [0.1, 0.15) is 12.0 Å². The van der Waals surface area contributed by atoms with Gasteiger partial charge in [-0.05, 0) is 36.1 Å². The highest BCUT2D eigenvalue weighted by atomic mass is 32.2. The van der Waals surface area contributed by atoms with Crippen LogP contribution in [0.3, 0.4) is 0 Å². The lowest BCUT2D eigenvalue weighted by atomic mass is 10.1. The van der Waals surface area contributed by atoms with E-state index in [-0.39, 0.29) is 18.4 Å². The molecule has 6 nitrogen and oxygen atoms in total. The minimum atomic E-state index is -1.02. The minimum absolute atomic E-state index is 0.0331. The molecular weight excluding hydrogens is 328 g/mol. The molecule has 1 heterocycles. The largest absolute Gasteiger partial charge is 0.497 e. The fourth-order valence-electron chi connectivity index (χ4n) is 2.58. The lowest BCUT2D eigenvalue weighted by Gasteiger charge is -2.35. The number of methoxy groups -OCH3 is 1. The van der Waals surface area contributed by atoms with Gasteiger partial charge in [0.1, 0.15) is 11.9 Å². The Morgan fingerprint density at radius 3 is 2.62 bits per heavy atom. The van der Waals surface area contributed by atoms with E-state index >= 15 is 0 Å². The topological polar surface area (TPSA) is 70.1 Å². The third-order valence-electron chi connectivity index (χ3n) is 4.04. The number of benzene rings is 1. The van der Waals surface area contributed by atoms with Crippen LogP contribution in [-0.2, 0) is 16.1 Å². The number of carbonyl (C=O) groups is 2. The molecule has 1 atom stereocenters. The van der Waals surface area contributed by atoms with E-state index in [0.717, 1.165) is 17.1 Å². The van der Waals surface area contributed by atoms with Gasteiger partial charge in [0.2, 0.25) is 5.91 Å². The highest BCUT2D eigenvalue weighted by Crippen LogP contribution is 2.15. The van der Waals surface area contributed by atoms with Gasteiger partial charge in [-0.15, -0.1) is 0 Å². The van der Waals surface area contributed by atoms with Crippen molar-refractivity contribution in [2.24, 2.45) is 0 Å². The molecule has 1 aromatic rings. The van der Waals surface area contributed by atoms with Gasteiger partial charge in [-0.25, -0.2) is 0 Å². The minimum Gasteiger partial charge on any atom is -0.497 e. The molecule has 0 bridgehead atoms. The molecule has 0 spiro atoms. The molecule has 7 heteroatoms. The van der Waals surface area contributed by atoms with Crippen LogP contribution in [0.15, 0.2) is 24.3 Å². The van der Waals surface area contributed by atoms with Gasteiger partial charge in [0.05, 0.1) is 13.7 Å². The number of aliphatic hydroxyl groups is 1. The predicted octanol–water partition coefficient (Wildman–Crippen LogP) is 0.980. The first-order valence-corrected chi connectivity index (χ1v) is 9.31. The van der Waals surface area contributed by atoms with Crippen molar-refractivity contribution in [3.05, 3.63) is 29.8 Å². The van der Waals surface area contributed by atoms with Crippen LogP contribution in [0.4, 0.5) is 0 Å². The number of carbonyl (C=O) groups excluding carboxylic acids is 2. The van der Waals surface area contributed by atoms with E-state index < -0.39 is 6.10 Å². The third-order valence-corrected chi connectivity index (χ3v) is 4.69. The Morgan fingerprint density at radius 2 is 2.04 bits per heavy atom. The van der Waals surface area contributed by atoms with Gasteiger partial charge in [-0.3, -0.25) is 9.59 Å². The van der Waals surface area contributed by atoms with Crippen molar-refractivity contribution in [1.82, 2.24) is 9.80 Å². The molecule has 1 fully saturated rings. The van der Waals surface area contributed by atoms with Gasteiger partial charge >= 0.3 is 0 Å². The predicted molar refractivity (Wildman–Crippen MR) is 94.0 cm³/mol. The summed E-state index contributed by atoms with van der Waals surface area (Å²) in [6.07, 6.45) is 1.33. The van der Waals surface area contributed by atoms with Gasteiger partial charge in [0.15, 0.2) is 0 Å². The Balaban J connectivity index is 1.87. The molecule has 1 aliphatic rings. The summed E-state index contributed by atoms with van der Waals surface area (Å²) in [5.41, 5.74) is 1.02. The second-order valence-electron chi connectivity index (χ2n) is 5.72. The lowest BCUT2D eigenvalue weighted by molar-refractivity contribution is -0.150. The van der Waals surface area contributed by atoms with Crippen molar-refractivity contribution >= 4 is 23.6 Å². The molecule has 24 heavy (non-hydrogen) atoms. The molecule has 0 saturated carbocycles. The number of ether oxygens (including phenoxy) is 1. The molecule has 1 aromatic carbocycles. The zero-order chi connectivity index (χ0) is 17.5. The summed E-state index contributed by atoms with van der Waals surface area (Å²) in [5, 5.41) is 9.90. The van der Waals surface area contributed by atoms with Gasteiger partial charge < -0.3 is 19.6 Å². The van der Waals surface area contributed by atoms with E-state index in [2.05, 4.69) is 0 Å². The number of amides is 2. The molecule has 0 unspecified atom stereocenters. The summed E-state index contributed by atoms with van der Waals surface area (Å²) in [4.78, 5) is 27.7. The maximum atomic E-state index is 12.3. The fraction of sp³-hybridized carbons (Fsp3) is 0.529. The first kappa shape index (κ1) is 18.6. The molecule has 0 radical (unpaired) electrons. The standard InChI is InChI=1S/C17H24N2O4S/c1-23-14-5-3-13(4-6-14)11-18-8-9-19(12-16(18)21)17(22)15(20)7-10-24-2/h3-6,15,20H,7-12H2,1-2H3/t15-/m0/s1. The van der Waals surface area contributed by atoms with Gasteiger partial charge in [0.25, 0.3) is 5.91 Å². The Bertz CT molecular complexity index is 564. The molecule has 2 rings (SSSR count). The average molecular weight is 352 g/mol. The maximum Gasteiger partial charge on any atom is 0.251 e. The zero-order valence-electron chi connectivity index (χ0n) is 14.1. The van der Waals surface area contributed by atoms with Crippen molar-refractivity contribution in [3.8, 4) is 5.75 Å². The van der Waals surface area contributed by atoms with Crippen molar-refractivity contribution in [2.45, 2.75) is 19.1 Å². The second-order valence-corrected chi connectivity index (χ2v) is 6.71. The summed E-state index contributed by atoms with van der Waals surface area (Å²) >= 11 is 1.58. The quantitative estimate of drug-likeness (QED) is 0.792. The van der Waals surface area contributed by atoms with Crippen LogP contribution in [-0.4, -0.2) is 71.6 Å². The van der Waals surface area contributed by atoms with Gasteiger partial charge in [-0.1, -0.05) is 12.1 Å². The van der Waals surface area contributed by atoms with Crippen LogP contribution in [0.5, 0.6) is 5.75 Å². The van der Waals surface area contributed by atoms with E-state index in [4.69, 9.17) is 4.74 Å². The molecule has 1 aliphatic heterocycles. The summed E-state index contributed by atoms with van der Waals surface area (Å²) < 4.78 is 5.12. The number of hydrogen-bond acceptors (Lipinski definition) is 5. The fourth-order valence-corrected chi connectivity index (χ4v) is 3.04. The molecule has 1 N–H and O–H groups in total. The van der Waals surface area contributed by atoms with E-state index in [1.54, 1.807) is 23.8 Å². The molecular formula is C17H24N2O4S. The normalized spacial score (nSPS) is 16.2. The smallest absolute Gasteiger partial charge is 0.251 e. The molecule has 2 amide bonds. The van der Waals surface area contributed by atoms with Crippen molar-refractivity contribution in [2.75, 3.05) is 38.8 Å². The number of piperazine rings is 1. The summed E-state index contributed by atoms with van der Waals surface area (Å²) in [6, 6.07) is 7.58. The first-order chi connectivity index (χ1) is 11.5.